The van der Waals surface area contributed by atoms with Crippen molar-refractivity contribution in [1.82, 2.24) is 14.8 Å². The summed E-state index contributed by atoms with van der Waals surface area (Å²) in [5.41, 5.74) is 2.34. The van der Waals surface area contributed by atoms with Gasteiger partial charge in [0.2, 0.25) is 0 Å². The fraction of sp³-hybridized carbons (Fsp3) is 0.167. The van der Waals surface area contributed by atoms with E-state index in [9.17, 15) is 0 Å². The van der Waals surface area contributed by atoms with E-state index in [-0.39, 0.29) is 0 Å². The third-order valence-electron chi connectivity index (χ3n) is 2.25. The number of allylic oxidation sites excluding steroid dienone is 1. The summed E-state index contributed by atoms with van der Waals surface area (Å²) in [5, 5.41) is 7.26. The van der Waals surface area contributed by atoms with Crippen LogP contribution >= 0.6 is 0 Å². The molecule has 0 aliphatic rings. The molecule has 0 unspecified atom stereocenters. The van der Waals surface area contributed by atoms with Crippen LogP contribution in [0.25, 0.3) is 0 Å². The van der Waals surface area contributed by atoms with Crippen molar-refractivity contribution in [1.29, 1.82) is 0 Å². The Balaban J connectivity index is 1.92. The fourth-order valence-electron chi connectivity index (χ4n) is 1.41. The standard InChI is InChI=1S/C12H14N4/c1-2-3-11-4-6-12(7-5-11)14-10-16-9-13-8-15-16/h2,4-9,14H,1,3,10H2. The largest absolute Gasteiger partial charge is 0.366 e. The van der Waals surface area contributed by atoms with Gasteiger partial charge in [-0.2, -0.15) is 5.10 Å². The molecule has 0 radical (unpaired) electrons. The van der Waals surface area contributed by atoms with Crippen LogP contribution in [0.1, 0.15) is 5.56 Å². The highest BCUT2D eigenvalue weighted by atomic mass is 15.4. The number of hydrogen-bond donors (Lipinski definition) is 1. The Morgan fingerprint density at radius 3 is 2.75 bits per heavy atom. The zero-order valence-corrected chi connectivity index (χ0v) is 9.00. The van der Waals surface area contributed by atoms with Gasteiger partial charge in [-0.15, -0.1) is 6.58 Å². The first kappa shape index (κ1) is 10.4. The highest BCUT2D eigenvalue weighted by molar-refractivity contribution is 5.44. The maximum Gasteiger partial charge on any atom is 0.137 e. The SMILES string of the molecule is C=CCc1ccc(NCn2cncn2)cc1. The Hall–Kier alpha value is -2.10. The van der Waals surface area contributed by atoms with E-state index < -0.39 is 0 Å². The molecule has 0 saturated carbocycles. The van der Waals surface area contributed by atoms with Crippen LogP contribution < -0.4 is 5.32 Å². The first-order valence-electron chi connectivity index (χ1n) is 5.14. The van der Waals surface area contributed by atoms with Gasteiger partial charge in [0.25, 0.3) is 0 Å². The second kappa shape index (κ2) is 5.11. The molecule has 1 aromatic carbocycles. The van der Waals surface area contributed by atoms with Crippen molar-refractivity contribution in [3.63, 3.8) is 0 Å². The number of aromatic nitrogens is 3. The Bertz CT molecular complexity index is 431. The van der Waals surface area contributed by atoms with Crippen molar-refractivity contribution in [2.45, 2.75) is 13.1 Å². The summed E-state index contributed by atoms with van der Waals surface area (Å²) >= 11 is 0. The first-order chi connectivity index (χ1) is 7.88. The van der Waals surface area contributed by atoms with Crippen LogP contribution in [0.2, 0.25) is 0 Å². The molecule has 0 bridgehead atoms. The van der Waals surface area contributed by atoms with Crippen molar-refractivity contribution < 1.29 is 0 Å². The lowest BCUT2D eigenvalue weighted by Crippen LogP contribution is -2.08. The summed E-state index contributed by atoms with van der Waals surface area (Å²) in [6, 6.07) is 8.28. The van der Waals surface area contributed by atoms with Crippen molar-refractivity contribution in [3.8, 4) is 0 Å². The van der Waals surface area contributed by atoms with Crippen molar-refractivity contribution in [2.75, 3.05) is 5.32 Å². The molecule has 4 heteroatoms. The number of anilines is 1. The van der Waals surface area contributed by atoms with Gasteiger partial charge < -0.3 is 5.32 Å². The topological polar surface area (TPSA) is 42.7 Å². The maximum atomic E-state index is 4.01. The van der Waals surface area contributed by atoms with Crippen LogP contribution in [-0.2, 0) is 13.1 Å². The van der Waals surface area contributed by atoms with Crippen molar-refractivity contribution in [3.05, 3.63) is 55.1 Å². The predicted molar refractivity (Wildman–Crippen MR) is 64.0 cm³/mol. The van der Waals surface area contributed by atoms with Gasteiger partial charge >= 0.3 is 0 Å². The molecule has 0 aliphatic carbocycles. The normalized spacial score (nSPS) is 10.0. The lowest BCUT2D eigenvalue weighted by molar-refractivity contribution is 0.668. The molecule has 0 amide bonds. The van der Waals surface area contributed by atoms with Gasteiger partial charge in [-0.1, -0.05) is 18.2 Å². The minimum absolute atomic E-state index is 0.626. The third-order valence-corrected chi connectivity index (χ3v) is 2.25. The average molecular weight is 214 g/mol. The smallest absolute Gasteiger partial charge is 0.137 e. The van der Waals surface area contributed by atoms with Crippen LogP contribution in [0.15, 0.2) is 49.6 Å². The molecule has 0 spiro atoms. The molecule has 82 valence electrons. The summed E-state index contributed by atoms with van der Waals surface area (Å²) in [6.45, 7) is 4.34. The Morgan fingerprint density at radius 2 is 2.12 bits per heavy atom. The third kappa shape index (κ3) is 2.70. The lowest BCUT2D eigenvalue weighted by atomic mass is 10.1. The average Bonchev–Trinajstić information content (AvgIpc) is 2.82. The highest BCUT2D eigenvalue weighted by Crippen LogP contribution is 2.10. The molecule has 1 aromatic heterocycles. The summed E-state index contributed by atoms with van der Waals surface area (Å²) < 4.78 is 1.73. The molecule has 2 aromatic rings. The van der Waals surface area contributed by atoms with Crippen LogP contribution in [0.4, 0.5) is 5.69 Å². The van der Waals surface area contributed by atoms with Gasteiger partial charge in [-0.25, -0.2) is 9.67 Å². The number of benzene rings is 1. The monoisotopic (exact) mass is 214 g/mol. The Kier molecular flexibility index (Phi) is 3.33. The quantitative estimate of drug-likeness (QED) is 0.775. The molecule has 1 heterocycles. The van der Waals surface area contributed by atoms with Crippen LogP contribution in [0.5, 0.6) is 0 Å². The molecule has 2 rings (SSSR count). The minimum Gasteiger partial charge on any atom is -0.366 e. The number of rotatable bonds is 5. The van der Waals surface area contributed by atoms with E-state index in [0.717, 1.165) is 12.1 Å². The zero-order valence-electron chi connectivity index (χ0n) is 9.00. The molecular formula is C12H14N4. The number of hydrogen-bond acceptors (Lipinski definition) is 3. The Morgan fingerprint density at radius 1 is 1.31 bits per heavy atom. The van der Waals surface area contributed by atoms with E-state index in [1.165, 1.54) is 11.9 Å². The minimum atomic E-state index is 0.626. The van der Waals surface area contributed by atoms with Crippen molar-refractivity contribution >= 4 is 5.69 Å². The maximum absolute atomic E-state index is 4.01. The molecule has 4 nitrogen and oxygen atoms in total. The molecule has 1 N–H and O–H groups in total. The van der Waals surface area contributed by atoms with Gasteiger partial charge in [0.15, 0.2) is 0 Å². The summed E-state index contributed by atoms with van der Waals surface area (Å²) in [5.74, 6) is 0. The van der Waals surface area contributed by atoms with E-state index in [2.05, 4.69) is 46.2 Å². The first-order valence-corrected chi connectivity index (χ1v) is 5.14. The molecule has 0 fully saturated rings. The van der Waals surface area contributed by atoms with Crippen LogP contribution in [0, 0.1) is 0 Å². The second-order valence-electron chi connectivity index (χ2n) is 3.46. The van der Waals surface area contributed by atoms with Gasteiger partial charge in [0.05, 0.1) is 0 Å². The van der Waals surface area contributed by atoms with E-state index in [1.54, 1.807) is 11.0 Å². The molecule has 16 heavy (non-hydrogen) atoms. The number of nitrogens with zero attached hydrogens (tertiary/aromatic N) is 3. The molecular weight excluding hydrogens is 200 g/mol. The molecule has 0 atom stereocenters. The second-order valence-corrected chi connectivity index (χ2v) is 3.46. The lowest BCUT2D eigenvalue weighted by Gasteiger charge is -2.06. The summed E-state index contributed by atoms with van der Waals surface area (Å²) in [7, 11) is 0. The van der Waals surface area contributed by atoms with Crippen LogP contribution in [-0.4, -0.2) is 14.8 Å². The van der Waals surface area contributed by atoms with Crippen LogP contribution in [0.3, 0.4) is 0 Å². The van der Waals surface area contributed by atoms with E-state index in [1.807, 2.05) is 6.08 Å². The Labute approximate surface area is 94.6 Å². The van der Waals surface area contributed by atoms with E-state index in [0.29, 0.717) is 6.67 Å². The van der Waals surface area contributed by atoms with E-state index in [4.69, 9.17) is 0 Å². The van der Waals surface area contributed by atoms with Gasteiger partial charge in [-0.3, -0.25) is 0 Å². The van der Waals surface area contributed by atoms with Gasteiger partial charge in [0, 0.05) is 5.69 Å². The van der Waals surface area contributed by atoms with Gasteiger partial charge in [0.1, 0.15) is 19.3 Å². The molecule has 0 aliphatic heterocycles. The fourth-order valence-corrected chi connectivity index (χ4v) is 1.41. The predicted octanol–water partition coefficient (Wildman–Crippen LogP) is 2.08. The van der Waals surface area contributed by atoms with Gasteiger partial charge in [-0.05, 0) is 24.1 Å². The highest BCUT2D eigenvalue weighted by Gasteiger charge is 1.93. The summed E-state index contributed by atoms with van der Waals surface area (Å²) in [6.07, 6.45) is 6.01. The molecule has 0 saturated heterocycles. The number of nitrogens with one attached hydrogen (secondary N) is 1. The zero-order chi connectivity index (χ0) is 11.2. The van der Waals surface area contributed by atoms with E-state index >= 15 is 0 Å². The van der Waals surface area contributed by atoms with Crippen molar-refractivity contribution in [2.24, 2.45) is 0 Å². The summed E-state index contributed by atoms with van der Waals surface area (Å²) in [4.78, 5) is 3.87.